The first-order valence-corrected chi connectivity index (χ1v) is 8.37. The van der Waals surface area contributed by atoms with Crippen LogP contribution in [-0.4, -0.2) is 41.5 Å². The Balaban J connectivity index is 1.71. The second-order valence-electron chi connectivity index (χ2n) is 7.08. The SMILES string of the molecule is CC(C)CCC1(C)NC(=O)N(CC(=O)c2ccc3c(c2)OCO3)C1=O. The average Bonchev–Trinajstić information content (AvgIpc) is 3.11. The number of hydrogen-bond donors (Lipinski definition) is 1. The summed E-state index contributed by atoms with van der Waals surface area (Å²) < 4.78 is 10.5. The summed E-state index contributed by atoms with van der Waals surface area (Å²) in [5.74, 6) is 0.811. The molecule has 1 fully saturated rings. The van der Waals surface area contributed by atoms with Gasteiger partial charge in [0.15, 0.2) is 17.3 Å². The molecule has 0 spiro atoms. The predicted molar refractivity (Wildman–Crippen MR) is 89.6 cm³/mol. The minimum absolute atomic E-state index is 0.119. The van der Waals surface area contributed by atoms with Gasteiger partial charge in [0.1, 0.15) is 5.54 Å². The van der Waals surface area contributed by atoms with E-state index in [0.29, 0.717) is 29.4 Å². The molecule has 1 saturated heterocycles. The number of ether oxygens (including phenoxy) is 2. The molecule has 2 aliphatic heterocycles. The lowest BCUT2D eigenvalue weighted by atomic mass is 9.92. The minimum Gasteiger partial charge on any atom is -0.454 e. The number of carbonyl (C=O) groups is 3. The third-order valence-electron chi connectivity index (χ3n) is 4.56. The maximum Gasteiger partial charge on any atom is 0.325 e. The van der Waals surface area contributed by atoms with Gasteiger partial charge in [-0.2, -0.15) is 0 Å². The molecule has 1 aromatic rings. The van der Waals surface area contributed by atoms with Crippen molar-refractivity contribution in [2.75, 3.05) is 13.3 Å². The summed E-state index contributed by atoms with van der Waals surface area (Å²) >= 11 is 0. The highest BCUT2D eigenvalue weighted by molar-refractivity contribution is 6.11. The van der Waals surface area contributed by atoms with Crippen LogP contribution < -0.4 is 14.8 Å². The highest BCUT2D eigenvalue weighted by Crippen LogP contribution is 2.33. The molecule has 1 aromatic carbocycles. The van der Waals surface area contributed by atoms with Crippen molar-refractivity contribution in [1.82, 2.24) is 10.2 Å². The number of carbonyl (C=O) groups excluding carboxylic acids is 3. The largest absolute Gasteiger partial charge is 0.454 e. The maximum atomic E-state index is 12.6. The van der Waals surface area contributed by atoms with E-state index in [4.69, 9.17) is 9.47 Å². The van der Waals surface area contributed by atoms with E-state index >= 15 is 0 Å². The van der Waals surface area contributed by atoms with Crippen molar-refractivity contribution in [2.24, 2.45) is 5.92 Å². The minimum atomic E-state index is -0.948. The Kier molecular flexibility index (Phi) is 4.41. The van der Waals surface area contributed by atoms with E-state index in [2.05, 4.69) is 19.2 Å². The molecule has 2 heterocycles. The van der Waals surface area contributed by atoms with Crippen LogP contribution in [0, 0.1) is 5.92 Å². The Bertz CT molecular complexity index is 730. The van der Waals surface area contributed by atoms with Gasteiger partial charge in [-0.25, -0.2) is 4.79 Å². The number of benzene rings is 1. The molecular formula is C18H22N2O5. The van der Waals surface area contributed by atoms with Crippen molar-refractivity contribution >= 4 is 17.7 Å². The molecule has 1 unspecified atom stereocenters. The topological polar surface area (TPSA) is 84.9 Å². The molecule has 0 radical (unpaired) electrons. The first-order valence-electron chi connectivity index (χ1n) is 8.37. The normalized spacial score (nSPS) is 21.8. The number of Topliss-reactive ketones (excluding diaryl/α,β-unsaturated/α-hetero) is 1. The Morgan fingerprint density at radius 1 is 1.28 bits per heavy atom. The van der Waals surface area contributed by atoms with Crippen molar-refractivity contribution in [3.05, 3.63) is 23.8 Å². The third-order valence-corrected chi connectivity index (χ3v) is 4.56. The number of hydrogen-bond acceptors (Lipinski definition) is 5. The van der Waals surface area contributed by atoms with Gasteiger partial charge in [-0.3, -0.25) is 14.5 Å². The number of ketones is 1. The molecule has 0 saturated carbocycles. The van der Waals surface area contributed by atoms with Crippen LogP contribution in [-0.2, 0) is 4.79 Å². The number of rotatable bonds is 6. The van der Waals surface area contributed by atoms with Crippen LogP contribution in [0.3, 0.4) is 0 Å². The first kappa shape index (κ1) is 17.3. The number of fused-ring (bicyclic) bond motifs is 1. The summed E-state index contributed by atoms with van der Waals surface area (Å²) in [6.07, 6.45) is 1.36. The molecule has 7 nitrogen and oxygen atoms in total. The highest BCUT2D eigenvalue weighted by Gasteiger charge is 2.47. The van der Waals surface area contributed by atoms with E-state index < -0.39 is 11.6 Å². The number of nitrogens with one attached hydrogen (secondary N) is 1. The van der Waals surface area contributed by atoms with Gasteiger partial charge in [0, 0.05) is 5.56 Å². The number of imide groups is 1. The van der Waals surface area contributed by atoms with Gasteiger partial charge in [0.05, 0.1) is 6.54 Å². The number of amides is 3. The molecule has 3 rings (SSSR count). The van der Waals surface area contributed by atoms with Gasteiger partial charge in [-0.05, 0) is 43.9 Å². The molecule has 0 aromatic heterocycles. The van der Waals surface area contributed by atoms with E-state index in [-0.39, 0.29) is 25.0 Å². The van der Waals surface area contributed by atoms with Crippen LogP contribution in [0.25, 0.3) is 0 Å². The van der Waals surface area contributed by atoms with Gasteiger partial charge in [-0.1, -0.05) is 13.8 Å². The molecule has 0 bridgehead atoms. The third kappa shape index (κ3) is 3.31. The lowest BCUT2D eigenvalue weighted by molar-refractivity contribution is -0.130. The summed E-state index contributed by atoms with van der Waals surface area (Å²) in [7, 11) is 0. The van der Waals surface area contributed by atoms with Gasteiger partial charge in [0.2, 0.25) is 6.79 Å². The van der Waals surface area contributed by atoms with Crippen LogP contribution in [0.15, 0.2) is 18.2 Å². The van der Waals surface area contributed by atoms with Crippen LogP contribution in [0.5, 0.6) is 11.5 Å². The summed E-state index contributed by atoms with van der Waals surface area (Å²) in [5.41, 5.74) is -0.572. The first-order chi connectivity index (χ1) is 11.8. The monoisotopic (exact) mass is 346 g/mol. The number of nitrogens with zero attached hydrogens (tertiary/aromatic N) is 1. The molecule has 2 aliphatic rings. The zero-order valence-electron chi connectivity index (χ0n) is 14.6. The Hall–Kier alpha value is -2.57. The predicted octanol–water partition coefficient (Wildman–Crippen LogP) is 2.34. The van der Waals surface area contributed by atoms with E-state index in [1.807, 2.05) is 0 Å². The summed E-state index contributed by atoms with van der Waals surface area (Å²) in [6.45, 7) is 5.66. The zero-order chi connectivity index (χ0) is 18.2. The van der Waals surface area contributed by atoms with E-state index in [9.17, 15) is 14.4 Å². The maximum absolute atomic E-state index is 12.6. The van der Waals surface area contributed by atoms with Crippen molar-refractivity contribution in [1.29, 1.82) is 0 Å². The van der Waals surface area contributed by atoms with Crippen LogP contribution in [0.4, 0.5) is 4.79 Å². The molecule has 134 valence electrons. The summed E-state index contributed by atoms with van der Waals surface area (Å²) in [4.78, 5) is 38.3. The smallest absolute Gasteiger partial charge is 0.325 e. The lowest BCUT2D eigenvalue weighted by Crippen LogP contribution is -2.44. The fourth-order valence-electron chi connectivity index (χ4n) is 2.94. The zero-order valence-corrected chi connectivity index (χ0v) is 14.6. The molecule has 1 N–H and O–H groups in total. The quantitative estimate of drug-likeness (QED) is 0.631. The fraction of sp³-hybridized carbons (Fsp3) is 0.500. The second kappa shape index (κ2) is 6.38. The second-order valence-corrected chi connectivity index (χ2v) is 7.08. The van der Waals surface area contributed by atoms with Crippen molar-refractivity contribution < 1.29 is 23.9 Å². The Morgan fingerprint density at radius 2 is 2.00 bits per heavy atom. The highest BCUT2D eigenvalue weighted by atomic mass is 16.7. The van der Waals surface area contributed by atoms with Gasteiger partial charge in [-0.15, -0.1) is 0 Å². The van der Waals surface area contributed by atoms with Crippen LogP contribution >= 0.6 is 0 Å². The van der Waals surface area contributed by atoms with Crippen molar-refractivity contribution in [3.63, 3.8) is 0 Å². The lowest BCUT2D eigenvalue weighted by Gasteiger charge is -2.22. The summed E-state index contributed by atoms with van der Waals surface area (Å²) in [6, 6.07) is 4.30. The standard InChI is InChI=1S/C18H22N2O5/c1-11(2)6-7-18(3)16(22)20(17(23)19-18)9-13(21)12-4-5-14-15(8-12)25-10-24-14/h4-5,8,11H,6-7,9-10H2,1-3H3,(H,19,23). The van der Waals surface area contributed by atoms with Gasteiger partial charge in [0.25, 0.3) is 5.91 Å². The molecule has 7 heteroatoms. The Morgan fingerprint density at radius 3 is 2.72 bits per heavy atom. The molecule has 3 amide bonds. The fourth-order valence-corrected chi connectivity index (χ4v) is 2.94. The van der Waals surface area contributed by atoms with Crippen LogP contribution in [0.1, 0.15) is 44.0 Å². The number of urea groups is 1. The molecule has 0 aliphatic carbocycles. The molecule has 25 heavy (non-hydrogen) atoms. The van der Waals surface area contributed by atoms with Crippen molar-refractivity contribution in [2.45, 2.75) is 39.2 Å². The van der Waals surface area contributed by atoms with E-state index in [1.165, 1.54) is 0 Å². The summed E-state index contributed by atoms with van der Waals surface area (Å²) in [5, 5.41) is 2.72. The average molecular weight is 346 g/mol. The molecule has 1 atom stereocenters. The Labute approximate surface area is 146 Å². The van der Waals surface area contributed by atoms with Crippen LogP contribution in [0.2, 0.25) is 0 Å². The van der Waals surface area contributed by atoms with E-state index in [1.54, 1.807) is 25.1 Å². The van der Waals surface area contributed by atoms with Crippen molar-refractivity contribution in [3.8, 4) is 11.5 Å². The van der Waals surface area contributed by atoms with E-state index in [0.717, 1.165) is 11.3 Å². The molecular weight excluding hydrogens is 324 g/mol. The van der Waals surface area contributed by atoms with Gasteiger partial charge >= 0.3 is 6.03 Å². The van der Waals surface area contributed by atoms with Gasteiger partial charge < -0.3 is 14.8 Å².